The Morgan fingerprint density at radius 3 is 2.50 bits per heavy atom. The molecule has 0 bridgehead atoms. The van der Waals surface area contributed by atoms with Crippen LogP contribution in [0.3, 0.4) is 0 Å². The number of rotatable bonds is 4. The van der Waals surface area contributed by atoms with Crippen molar-refractivity contribution in [3.8, 4) is 0 Å². The van der Waals surface area contributed by atoms with Crippen LogP contribution in [0.1, 0.15) is 33.6 Å². The van der Waals surface area contributed by atoms with E-state index in [4.69, 9.17) is 0 Å². The van der Waals surface area contributed by atoms with Crippen LogP contribution < -0.4 is 0 Å². The van der Waals surface area contributed by atoms with Crippen LogP contribution in [0.15, 0.2) is 12.2 Å². The molecule has 0 aromatic heterocycles. The fourth-order valence-corrected chi connectivity index (χ4v) is 0.700. The first-order chi connectivity index (χ1) is 4.66. The molecule has 0 aliphatic rings. The second-order valence-electron chi connectivity index (χ2n) is 2.90. The van der Waals surface area contributed by atoms with Gasteiger partial charge >= 0.3 is 0 Å². The van der Waals surface area contributed by atoms with E-state index in [9.17, 15) is 4.79 Å². The summed E-state index contributed by atoms with van der Waals surface area (Å²) < 4.78 is 0. The van der Waals surface area contributed by atoms with Gasteiger partial charge in [-0.05, 0) is 25.3 Å². The van der Waals surface area contributed by atoms with E-state index in [2.05, 4.69) is 13.8 Å². The zero-order chi connectivity index (χ0) is 7.98. The first-order valence-electron chi connectivity index (χ1n) is 3.82. The van der Waals surface area contributed by atoms with Crippen molar-refractivity contribution >= 4 is 5.78 Å². The van der Waals surface area contributed by atoms with Crippen molar-refractivity contribution in [2.45, 2.75) is 33.6 Å². The molecule has 1 nitrogen and oxygen atoms in total. The first-order valence-corrected chi connectivity index (χ1v) is 3.82. The summed E-state index contributed by atoms with van der Waals surface area (Å²) in [5.41, 5.74) is 0. The Kier molecular flexibility index (Phi) is 4.91. The van der Waals surface area contributed by atoms with Crippen molar-refractivity contribution in [1.29, 1.82) is 0 Å². The van der Waals surface area contributed by atoms with Gasteiger partial charge < -0.3 is 0 Å². The summed E-state index contributed by atoms with van der Waals surface area (Å²) in [6.07, 6.45) is 5.14. The number of carbonyl (C=O) groups is 1. The molecule has 0 amide bonds. The van der Waals surface area contributed by atoms with Gasteiger partial charge in [0.1, 0.15) is 0 Å². The van der Waals surface area contributed by atoms with Crippen molar-refractivity contribution in [3.05, 3.63) is 12.2 Å². The maximum atomic E-state index is 10.9. The maximum Gasteiger partial charge on any atom is 0.155 e. The van der Waals surface area contributed by atoms with Crippen LogP contribution in [0.2, 0.25) is 0 Å². The molecule has 0 fully saturated rings. The lowest BCUT2D eigenvalue weighted by atomic mass is 10.1. The normalized spacial score (nSPS) is 11.2. The summed E-state index contributed by atoms with van der Waals surface area (Å²) in [7, 11) is 0. The number of carbonyl (C=O) groups excluding carboxylic acids is 1. The van der Waals surface area contributed by atoms with Crippen molar-refractivity contribution in [3.63, 3.8) is 0 Å². The summed E-state index contributed by atoms with van der Waals surface area (Å²) in [5.74, 6) is 0.880. The SMILES string of the molecule is CC=CC(=O)CCC(C)C. The summed E-state index contributed by atoms with van der Waals surface area (Å²) in [6.45, 7) is 6.12. The van der Waals surface area contributed by atoms with Crippen LogP contribution in [0, 0.1) is 5.92 Å². The molecule has 0 heterocycles. The molecule has 10 heavy (non-hydrogen) atoms. The monoisotopic (exact) mass is 140 g/mol. The third kappa shape index (κ3) is 5.54. The first kappa shape index (κ1) is 9.41. The van der Waals surface area contributed by atoms with E-state index >= 15 is 0 Å². The Balaban J connectivity index is 3.40. The molecule has 0 saturated carbocycles. The van der Waals surface area contributed by atoms with Crippen LogP contribution in [0.25, 0.3) is 0 Å². The predicted molar refractivity (Wildman–Crippen MR) is 43.9 cm³/mol. The van der Waals surface area contributed by atoms with Gasteiger partial charge in [0.25, 0.3) is 0 Å². The van der Waals surface area contributed by atoms with Gasteiger partial charge in [0.05, 0.1) is 0 Å². The molecular weight excluding hydrogens is 124 g/mol. The summed E-state index contributed by atoms with van der Waals surface area (Å²) in [6, 6.07) is 0. The van der Waals surface area contributed by atoms with Crippen molar-refractivity contribution in [1.82, 2.24) is 0 Å². The second kappa shape index (κ2) is 5.21. The highest BCUT2D eigenvalue weighted by Crippen LogP contribution is 2.03. The van der Waals surface area contributed by atoms with Crippen LogP contribution in [-0.4, -0.2) is 5.78 Å². The molecule has 0 unspecified atom stereocenters. The van der Waals surface area contributed by atoms with Crippen molar-refractivity contribution < 1.29 is 4.79 Å². The van der Waals surface area contributed by atoms with Gasteiger partial charge in [0.2, 0.25) is 0 Å². The summed E-state index contributed by atoms with van der Waals surface area (Å²) in [5, 5.41) is 0. The molecule has 0 aliphatic carbocycles. The van der Waals surface area contributed by atoms with Crippen LogP contribution >= 0.6 is 0 Å². The zero-order valence-corrected chi connectivity index (χ0v) is 7.05. The molecule has 1 heteroatoms. The Bertz CT molecular complexity index is 123. The minimum absolute atomic E-state index is 0.246. The lowest BCUT2D eigenvalue weighted by Crippen LogP contribution is -1.95. The number of hydrogen-bond donors (Lipinski definition) is 0. The quantitative estimate of drug-likeness (QED) is 0.548. The number of hydrogen-bond acceptors (Lipinski definition) is 1. The van der Waals surface area contributed by atoms with Gasteiger partial charge in [-0.2, -0.15) is 0 Å². The van der Waals surface area contributed by atoms with E-state index in [1.165, 1.54) is 0 Å². The highest BCUT2D eigenvalue weighted by molar-refractivity contribution is 5.89. The van der Waals surface area contributed by atoms with Gasteiger partial charge in [0, 0.05) is 6.42 Å². The van der Waals surface area contributed by atoms with E-state index < -0.39 is 0 Å². The second-order valence-corrected chi connectivity index (χ2v) is 2.90. The van der Waals surface area contributed by atoms with Crippen LogP contribution in [0.4, 0.5) is 0 Å². The fraction of sp³-hybridized carbons (Fsp3) is 0.667. The molecular formula is C9H16O. The van der Waals surface area contributed by atoms with Gasteiger partial charge in [-0.3, -0.25) is 4.79 Å². The smallest absolute Gasteiger partial charge is 0.155 e. The highest BCUT2D eigenvalue weighted by Gasteiger charge is 1.97. The van der Waals surface area contributed by atoms with Gasteiger partial charge in [-0.15, -0.1) is 0 Å². The molecule has 0 radical (unpaired) electrons. The average Bonchev–Trinajstić information content (AvgIpc) is 1.85. The Morgan fingerprint density at radius 2 is 2.10 bits per heavy atom. The van der Waals surface area contributed by atoms with E-state index in [1.54, 1.807) is 12.2 Å². The number of ketones is 1. The minimum atomic E-state index is 0.246. The molecule has 0 aliphatic heterocycles. The Morgan fingerprint density at radius 1 is 1.50 bits per heavy atom. The fourth-order valence-electron chi connectivity index (χ4n) is 0.700. The molecule has 58 valence electrons. The highest BCUT2D eigenvalue weighted by atomic mass is 16.1. The lowest BCUT2D eigenvalue weighted by molar-refractivity contribution is -0.114. The topological polar surface area (TPSA) is 17.1 Å². The van der Waals surface area contributed by atoms with E-state index in [1.807, 2.05) is 6.92 Å². The summed E-state index contributed by atoms with van der Waals surface area (Å²) in [4.78, 5) is 10.9. The Labute approximate surface area is 63.1 Å². The van der Waals surface area contributed by atoms with Gasteiger partial charge in [-0.1, -0.05) is 19.9 Å². The molecule has 0 atom stereocenters. The molecule has 0 N–H and O–H groups in total. The zero-order valence-electron chi connectivity index (χ0n) is 7.05. The predicted octanol–water partition coefficient (Wildman–Crippen LogP) is 2.57. The molecule has 0 aromatic carbocycles. The maximum absolute atomic E-state index is 10.9. The lowest BCUT2D eigenvalue weighted by Gasteiger charge is -1.99. The minimum Gasteiger partial charge on any atom is -0.295 e. The van der Waals surface area contributed by atoms with Gasteiger partial charge in [-0.25, -0.2) is 0 Å². The molecule has 0 rings (SSSR count). The average molecular weight is 140 g/mol. The van der Waals surface area contributed by atoms with E-state index in [0.717, 1.165) is 6.42 Å². The number of allylic oxidation sites excluding steroid dienone is 2. The largest absolute Gasteiger partial charge is 0.295 e. The van der Waals surface area contributed by atoms with Crippen molar-refractivity contribution in [2.24, 2.45) is 5.92 Å². The molecule has 0 saturated heterocycles. The van der Waals surface area contributed by atoms with Crippen molar-refractivity contribution in [2.75, 3.05) is 0 Å². The standard InChI is InChI=1S/C9H16O/c1-4-5-9(10)7-6-8(2)3/h4-5,8H,6-7H2,1-3H3. The molecule has 0 spiro atoms. The van der Waals surface area contributed by atoms with Crippen LogP contribution in [0.5, 0.6) is 0 Å². The summed E-state index contributed by atoms with van der Waals surface area (Å²) >= 11 is 0. The Hall–Kier alpha value is -0.590. The third-order valence-corrected chi connectivity index (χ3v) is 1.32. The molecule has 0 aromatic rings. The van der Waals surface area contributed by atoms with Crippen LogP contribution in [-0.2, 0) is 4.79 Å². The van der Waals surface area contributed by atoms with Gasteiger partial charge in [0.15, 0.2) is 5.78 Å². The van der Waals surface area contributed by atoms with E-state index in [-0.39, 0.29) is 5.78 Å². The third-order valence-electron chi connectivity index (χ3n) is 1.32. The van der Waals surface area contributed by atoms with E-state index in [0.29, 0.717) is 12.3 Å².